The van der Waals surface area contributed by atoms with Crippen molar-refractivity contribution in [2.24, 2.45) is 0 Å². The summed E-state index contributed by atoms with van der Waals surface area (Å²) >= 11 is 0. The van der Waals surface area contributed by atoms with E-state index < -0.39 is 0 Å². The van der Waals surface area contributed by atoms with Gasteiger partial charge in [-0.15, -0.1) is 5.10 Å². The molecule has 0 aromatic carbocycles. The van der Waals surface area contributed by atoms with E-state index in [9.17, 15) is 0 Å². The molecule has 77 valence electrons. The quantitative estimate of drug-likeness (QED) is 0.759. The SMILES string of the molecule is [CH2]CCCn1cc(-c2ccccn2)nn1. The van der Waals surface area contributed by atoms with E-state index in [1.54, 1.807) is 6.20 Å². The minimum Gasteiger partial charge on any atom is -0.254 e. The maximum absolute atomic E-state index is 4.21. The van der Waals surface area contributed by atoms with Crippen molar-refractivity contribution in [2.45, 2.75) is 19.4 Å². The van der Waals surface area contributed by atoms with Crippen LogP contribution < -0.4 is 0 Å². The predicted octanol–water partition coefficient (Wildman–Crippen LogP) is 1.95. The lowest BCUT2D eigenvalue weighted by Crippen LogP contribution is -1.97. The molecule has 2 rings (SSSR count). The number of pyridine rings is 1. The van der Waals surface area contributed by atoms with Crippen LogP contribution in [0.5, 0.6) is 0 Å². The van der Waals surface area contributed by atoms with E-state index >= 15 is 0 Å². The highest BCUT2D eigenvalue weighted by atomic mass is 15.4. The third-order valence-electron chi connectivity index (χ3n) is 2.10. The number of unbranched alkanes of at least 4 members (excludes halogenated alkanes) is 1. The Kier molecular flexibility index (Phi) is 3.07. The van der Waals surface area contributed by atoms with Crippen LogP contribution in [0.3, 0.4) is 0 Å². The molecule has 0 N–H and O–H groups in total. The van der Waals surface area contributed by atoms with Crippen molar-refractivity contribution in [1.82, 2.24) is 20.0 Å². The summed E-state index contributed by atoms with van der Waals surface area (Å²) in [4.78, 5) is 4.21. The van der Waals surface area contributed by atoms with Crippen LogP contribution in [0.15, 0.2) is 30.6 Å². The van der Waals surface area contributed by atoms with Gasteiger partial charge in [0.05, 0.1) is 11.9 Å². The summed E-state index contributed by atoms with van der Waals surface area (Å²) in [5.74, 6) is 0. The van der Waals surface area contributed by atoms with Crippen molar-refractivity contribution in [3.8, 4) is 11.4 Å². The van der Waals surface area contributed by atoms with E-state index in [4.69, 9.17) is 0 Å². The van der Waals surface area contributed by atoms with Gasteiger partial charge in [0, 0.05) is 12.7 Å². The molecule has 0 aliphatic carbocycles. The first-order valence-corrected chi connectivity index (χ1v) is 5.01. The maximum Gasteiger partial charge on any atom is 0.131 e. The van der Waals surface area contributed by atoms with Gasteiger partial charge in [0.15, 0.2) is 0 Å². The molecule has 0 aliphatic rings. The van der Waals surface area contributed by atoms with Crippen molar-refractivity contribution >= 4 is 0 Å². The fourth-order valence-electron chi connectivity index (χ4n) is 1.31. The van der Waals surface area contributed by atoms with Gasteiger partial charge >= 0.3 is 0 Å². The average Bonchev–Trinajstić information content (AvgIpc) is 2.76. The smallest absolute Gasteiger partial charge is 0.131 e. The Hall–Kier alpha value is -1.71. The van der Waals surface area contributed by atoms with Gasteiger partial charge in [0.1, 0.15) is 5.69 Å². The first-order chi connectivity index (χ1) is 7.40. The van der Waals surface area contributed by atoms with Gasteiger partial charge in [0.2, 0.25) is 0 Å². The lowest BCUT2D eigenvalue weighted by atomic mass is 10.3. The van der Waals surface area contributed by atoms with Crippen LogP contribution in [0.2, 0.25) is 0 Å². The zero-order valence-electron chi connectivity index (χ0n) is 8.50. The molecule has 0 bridgehead atoms. The van der Waals surface area contributed by atoms with Gasteiger partial charge in [-0.1, -0.05) is 24.6 Å². The molecule has 0 spiro atoms. The molecule has 0 aliphatic heterocycles. The maximum atomic E-state index is 4.21. The van der Waals surface area contributed by atoms with Crippen LogP contribution in [0, 0.1) is 6.92 Å². The molecule has 0 fully saturated rings. The Morgan fingerprint density at radius 3 is 2.93 bits per heavy atom. The van der Waals surface area contributed by atoms with Gasteiger partial charge in [-0.25, -0.2) is 0 Å². The van der Waals surface area contributed by atoms with E-state index in [2.05, 4.69) is 22.2 Å². The molecular formula is C11H13N4. The normalized spacial score (nSPS) is 10.5. The van der Waals surface area contributed by atoms with E-state index in [1.807, 2.05) is 29.1 Å². The Bertz CT molecular complexity index is 408. The average molecular weight is 201 g/mol. The predicted molar refractivity (Wildman–Crippen MR) is 57.8 cm³/mol. The summed E-state index contributed by atoms with van der Waals surface area (Å²) in [7, 11) is 0. The molecule has 4 nitrogen and oxygen atoms in total. The molecule has 0 unspecified atom stereocenters. The molecule has 2 heterocycles. The molecule has 0 amide bonds. The van der Waals surface area contributed by atoms with Crippen molar-refractivity contribution in [3.63, 3.8) is 0 Å². The Morgan fingerprint density at radius 1 is 1.27 bits per heavy atom. The van der Waals surface area contributed by atoms with E-state index in [1.165, 1.54) is 0 Å². The number of aryl methyl sites for hydroxylation is 1. The fraction of sp³-hybridized carbons (Fsp3) is 0.273. The van der Waals surface area contributed by atoms with Crippen molar-refractivity contribution in [3.05, 3.63) is 37.5 Å². The molecule has 0 saturated heterocycles. The number of nitrogens with zero attached hydrogens (tertiary/aromatic N) is 4. The molecule has 0 saturated carbocycles. The van der Waals surface area contributed by atoms with Gasteiger partial charge in [-0.3, -0.25) is 9.67 Å². The number of hydrogen-bond donors (Lipinski definition) is 0. The summed E-state index contributed by atoms with van der Waals surface area (Å²) in [6, 6.07) is 5.75. The number of hydrogen-bond acceptors (Lipinski definition) is 3. The standard InChI is InChI=1S/C11H13N4/c1-2-3-8-15-9-11(13-14-15)10-6-4-5-7-12-10/h4-7,9H,1-3,8H2. The summed E-state index contributed by atoms with van der Waals surface area (Å²) in [6.45, 7) is 4.66. The summed E-state index contributed by atoms with van der Waals surface area (Å²) in [5, 5.41) is 8.10. The summed E-state index contributed by atoms with van der Waals surface area (Å²) < 4.78 is 1.83. The Balaban J connectivity index is 2.14. The molecule has 0 atom stereocenters. The lowest BCUT2D eigenvalue weighted by molar-refractivity contribution is 0.562. The van der Waals surface area contributed by atoms with E-state index in [-0.39, 0.29) is 0 Å². The third kappa shape index (κ3) is 2.40. The highest BCUT2D eigenvalue weighted by Gasteiger charge is 2.03. The van der Waals surface area contributed by atoms with Crippen molar-refractivity contribution in [1.29, 1.82) is 0 Å². The van der Waals surface area contributed by atoms with Crippen molar-refractivity contribution < 1.29 is 0 Å². The lowest BCUT2D eigenvalue weighted by Gasteiger charge is -1.95. The van der Waals surface area contributed by atoms with Gasteiger partial charge < -0.3 is 0 Å². The zero-order valence-corrected chi connectivity index (χ0v) is 8.50. The number of rotatable bonds is 4. The highest BCUT2D eigenvalue weighted by Crippen LogP contribution is 2.11. The van der Waals surface area contributed by atoms with Gasteiger partial charge in [-0.2, -0.15) is 0 Å². The first kappa shape index (κ1) is 9.83. The van der Waals surface area contributed by atoms with Crippen LogP contribution in [0.4, 0.5) is 0 Å². The molecular weight excluding hydrogens is 188 g/mol. The molecule has 2 aromatic heterocycles. The van der Waals surface area contributed by atoms with Crippen LogP contribution in [-0.2, 0) is 6.54 Å². The van der Waals surface area contributed by atoms with Crippen LogP contribution in [0.1, 0.15) is 12.8 Å². The summed E-state index contributed by atoms with van der Waals surface area (Å²) in [5.41, 5.74) is 1.68. The Labute approximate surface area is 89.0 Å². The van der Waals surface area contributed by atoms with E-state index in [0.29, 0.717) is 0 Å². The fourth-order valence-corrected chi connectivity index (χ4v) is 1.31. The second kappa shape index (κ2) is 4.68. The monoisotopic (exact) mass is 201 g/mol. The largest absolute Gasteiger partial charge is 0.254 e. The highest BCUT2D eigenvalue weighted by molar-refractivity contribution is 5.51. The van der Waals surface area contributed by atoms with Crippen molar-refractivity contribution in [2.75, 3.05) is 0 Å². The molecule has 15 heavy (non-hydrogen) atoms. The van der Waals surface area contributed by atoms with Crippen LogP contribution in [-0.4, -0.2) is 20.0 Å². The van der Waals surface area contributed by atoms with Crippen LogP contribution >= 0.6 is 0 Å². The molecule has 2 aromatic rings. The Morgan fingerprint density at radius 2 is 2.20 bits per heavy atom. The van der Waals surface area contributed by atoms with Gasteiger partial charge in [0.25, 0.3) is 0 Å². The second-order valence-electron chi connectivity index (χ2n) is 3.29. The minimum atomic E-state index is 0.819. The van der Waals surface area contributed by atoms with E-state index in [0.717, 1.165) is 30.8 Å². The zero-order chi connectivity index (χ0) is 10.5. The van der Waals surface area contributed by atoms with Crippen LogP contribution in [0.25, 0.3) is 11.4 Å². The second-order valence-corrected chi connectivity index (χ2v) is 3.29. The molecule has 4 heteroatoms. The number of aromatic nitrogens is 4. The summed E-state index contributed by atoms with van der Waals surface area (Å²) in [6.07, 6.45) is 5.60. The topological polar surface area (TPSA) is 43.6 Å². The molecule has 1 radical (unpaired) electrons. The van der Waals surface area contributed by atoms with Gasteiger partial charge in [-0.05, 0) is 18.6 Å². The minimum absolute atomic E-state index is 0.819. The third-order valence-corrected chi connectivity index (χ3v) is 2.10. The first-order valence-electron chi connectivity index (χ1n) is 5.01.